The van der Waals surface area contributed by atoms with E-state index in [-0.39, 0.29) is 5.91 Å². The average Bonchev–Trinajstić information content (AvgIpc) is 3.10. The molecule has 6 nitrogen and oxygen atoms in total. The fourth-order valence-electron chi connectivity index (χ4n) is 1.79. The van der Waals surface area contributed by atoms with Crippen LogP contribution in [0, 0.1) is 0 Å². The lowest BCUT2D eigenvalue weighted by Crippen LogP contribution is -2.13. The lowest BCUT2D eigenvalue weighted by molar-refractivity contribution is 0.102. The molecule has 0 atom stereocenters. The summed E-state index contributed by atoms with van der Waals surface area (Å²) in [5.74, 6) is 0.146. The maximum Gasteiger partial charge on any atom is 0.261 e. The Hall–Kier alpha value is -2.89. The molecule has 1 aromatic carbocycles. The largest absolute Gasteiger partial charge is 0.331 e. The van der Waals surface area contributed by atoms with Crippen LogP contribution in [0.15, 0.2) is 48.9 Å². The minimum Gasteiger partial charge on any atom is -0.331 e. The number of aromatic amines is 2. The number of imidazole rings is 1. The van der Waals surface area contributed by atoms with Gasteiger partial charge in [0.15, 0.2) is 0 Å². The lowest BCUT2D eigenvalue weighted by Gasteiger charge is -2.03. The van der Waals surface area contributed by atoms with Crippen LogP contribution < -0.4 is 5.32 Å². The first kappa shape index (κ1) is 11.2. The zero-order valence-corrected chi connectivity index (χ0v) is 9.92. The van der Waals surface area contributed by atoms with Crippen molar-refractivity contribution in [1.29, 1.82) is 0 Å². The van der Waals surface area contributed by atoms with Gasteiger partial charge in [-0.2, -0.15) is 5.10 Å². The van der Waals surface area contributed by atoms with Gasteiger partial charge in [-0.05, 0) is 0 Å². The number of hydrogen-bond acceptors (Lipinski definition) is 3. The Labute approximate surface area is 108 Å². The van der Waals surface area contributed by atoms with Gasteiger partial charge >= 0.3 is 0 Å². The fourth-order valence-corrected chi connectivity index (χ4v) is 1.79. The summed E-state index contributed by atoms with van der Waals surface area (Å²) < 4.78 is 0. The zero-order valence-electron chi connectivity index (χ0n) is 9.92. The maximum absolute atomic E-state index is 12.1. The van der Waals surface area contributed by atoms with Gasteiger partial charge in [-0.25, -0.2) is 4.98 Å². The van der Waals surface area contributed by atoms with Gasteiger partial charge in [0.2, 0.25) is 5.95 Å². The van der Waals surface area contributed by atoms with Gasteiger partial charge < -0.3 is 4.98 Å². The van der Waals surface area contributed by atoms with E-state index in [1.54, 1.807) is 12.4 Å². The Morgan fingerprint density at radius 2 is 2.05 bits per heavy atom. The predicted molar refractivity (Wildman–Crippen MR) is 70.6 cm³/mol. The molecule has 94 valence electrons. The van der Waals surface area contributed by atoms with Crippen molar-refractivity contribution in [2.45, 2.75) is 0 Å². The van der Waals surface area contributed by atoms with Gasteiger partial charge in [0.25, 0.3) is 5.91 Å². The molecule has 0 aliphatic carbocycles. The highest BCUT2D eigenvalue weighted by atomic mass is 16.1. The number of aromatic nitrogens is 4. The summed E-state index contributed by atoms with van der Waals surface area (Å²) in [4.78, 5) is 18.9. The van der Waals surface area contributed by atoms with E-state index in [2.05, 4.69) is 25.5 Å². The molecule has 1 amide bonds. The molecule has 3 rings (SSSR count). The van der Waals surface area contributed by atoms with Crippen LogP contribution >= 0.6 is 0 Å². The third kappa shape index (κ3) is 2.23. The van der Waals surface area contributed by atoms with E-state index in [0.29, 0.717) is 17.2 Å². The van der Waals surface area contributed by atoms with E-state index >= 15 is 0 Å². The van der Waals surface area contributed by atoms with Crippen molar-refractivity contribution >= 4 is 11.9 Å². The van der Waals surface area contributed by atoms with Gasteiger partial charge in [0, 0.05) is 18.0 Å². The molecule has 19 heavy (non-hydrogen) atoms. The number of carbonyl (C=O) groups is 1. The van der Waals surface area contributed by atoms with Gasteiger partial charge in [-0.1, -0.05) is 30.3 Å². The second-order valence-electron chi connectivity index (χ2n) is 3.92. The molecular formula is C13H11N5O. The Morgan fingerprint density at radius 1 is 1.21 bits per heavy atom. The fraction of sp³-hybridized carbons (Fsp3) is 0. The first-order valence-electron chi connectivity index (χ1n) is 5.74. The molecular weight excluding hydrogens is 242 g/mol. The Kier molecular flexibility index (Phi) is 2.82. The van der Waals surface area contributed by atoms with Crippen molar-refractivity contribution in [3.05, 3.63) is 54.5 Å². The minimum atomic E-state index is -0.262. The first-order valence-corrected chi connectivity index (χ1v) is 5.74. The SMILES string of the molecule is O=C(Nc1ncc[nH]1)c1cn[nH]c1-c1ccccc1. The molecule has 0 aliphatic heterocycles. The normalized spacial score (nSPS) is 10.3. The van der Waals surface area contributed by atoms with Gasteiger partial charge in [0.1, 0.15) is 0 Å². The molecule has 2 heterocycles. The smallest absolute Gasteiger partial charge is 0.261 e. The minimum absolute atomic E-state index is 0.262. The average molecular weight is 253 g/mol. The van der Waals surface area contributed by atoms with E-state index in [1.807, 2.05) is 30.3 Å². The van der Waals surface area contributed by atoms with Crippen LogP contribution in [-0.4, -0.2) is 26.1 Å². The lowest BCUT2D eigenvalue weighted by atomic mass is 10.1. The number of hydrogen-bond donors (Lipinski definition) is 3. The maximum atomic E-state index is 12.1. The molecule has 6 heteroatoms. The van der Waals surface area contributed by atoms with Gasteiger partial charge in [-0.15, -0.1) is 0 Å². The number of benzene rings is 1. The van der Waals surface area contributed by atoms with Crippen LogP contribution in [0.1, 0.15) is 10.4 Å². The second kappa shape index (κ2) is 4.77. The number of nitrogens with one attached hydrogen (secondary N) is 3. The monoisotopic (exact) mass is 253 g/mol. The third-order valence-corrected chi connectivity index (χ3v) is 2.68. The van der Waals surface area contributed by atoms with E-state index in [1.165, 1.54) is 6.20 Å². The molecule has 0 aliphatic rings. The van der Waals surface area contributed by atoms with Crippen molar-refractivity contribution in [3.63, 3.8) is 0 Å². The molecule has 3 N–H and O–H groups in total. The molecule has 0 fully saturated rings. The summed E-state index contributed by atoms with van der Waals surface area (Å²) in [5.41, 5.74) is 2.07. The first-order chi connectivity index (χ1) is 9.34. The van der Waals surface area contributed by atoms with Crippen molar-refractivity contribution in [2.75, 3.05) is 5.32 Å². The summed E-state index contributed by atoms with van der Waals surface area (Å²) in [6.07, 6.45) is 4.72. The van der Waals surface area contributed by atoms with Crippen molar-refractivity contribution in [1.82, 2.24) is 20.2 Å². The highest BCUT2D eigenvalue weighted by molar-refractivity contribution is 6.07. The number of amides is 1. The van der Waals surface area contributed by atoms with Crippen LogP contribution in [0.5, 0.6) is 0 Å². The van der Waals surface area contributed by atoms with Crippen LogP contribution in [-0.2, 0) is 0 Å². The molecule has 0 radical (unpaired) electrons. The van der Waals surface area contributed by atoms with Gasteiger partial charge in [-0.3, -0.25) is 15.2 Å². The van der Waals surface area contributed by atoms with Crippen molar-refractivity contribution < 1.29 is 4.79 Å². The number of carbonyl (C=O) groups excluding carboxylic acids is 1. The number of H-pyrrole nitrogens is 2. The molecule has 0 bridgehead atoms. The topological polar surface area (TPSA) is 86.5 Å². The van der Waals surface area contributed by atoms with Crippen LogP contribution in [0.2, 0.25) is 0 Å². The molecule has 0 unspecified atom stereocenters. The number of anilines is 1. The predicted octanol–water partition coefficient (Wildman–Crippen LogP) is 2.05. The number of rotatable bonds is 3. The van der Waals surface area contributed by atoms with Crippen LogP contribution in [0.25, 0.3) is 11.3 Å². The Bertz CT molecular complexity index is 672. The Morgan fingerprint density at radius 3 is 2.79 bits per heavy atom. The van der Waals surface area contributed by atoms with E-state index in [0.717, 1.165) is 5.56 Å². The summed E-state index contributed by atoms with van der Waals surface area (Å²) in [7, 11) is 0. The molecule has 0 saturated carbocycles. The van der Waals surface area contributed by atoms with E-state index < -0.39 is 0 Å². The summed E-state index contributed by atoms with van der Waals surface area (Å²) in [6, 6.07) is 9.56. The van der Waals surface area contributed by atoms with Crippen LogP contribution in [0.3, 0.4) is 0 Å². The van der Waals surface area contributed by atoms with Crippen molar-refractivity contribution in [3.8, 4) is 11.3 Å². The molecule has 0 spiro atoms. The molecule has 3 aromatic rings. The van der Waals surface area contributed by atoms with Crippen molar-refractivity contribution in [2.24, 2.45) is 0 Å². The zero-order chi connectivity index (χ0) is 13.1. The molecule has 2 aromatic heterocycles. The highest BCUT2D eigenvalue weighted by Crippen LogP contribution is 2.21. The summed E-state index contributed by atoms with van der Waals surface area (Å²) in [6.45, 7) is 0. The van der Waals surface area contributed by atoms with E-state index in [9.17, 15) is 4.79 Å². The third-order valence-electron chi connectivity index (χ3n) is 2.68. The quantitative estimate of drug-likeness (QED) is 0.667. The van der Waals surface area contributed by atoms with E-state index in [4.69, 9.17) is 0 Å². The highest BCUT2D eigenvalue weighted by Gasteiger charge is 2.15. The second-order valence-corrected chi connectivity index (χ2v) is 3.92. The standard InChI is InChI=1S/C13H11N5O/c19-12(17-13-14-6-7-15-13)10-8-16-18-11(10)9-4-2-1-3-5-9/h1-8H,(H,16,18)(H2,14,15,17,19). The van der Waals surface area contributed by atoms with Gasteiger partial charge in [0.05, 0.1) is 17.5 Å². The Balaban J connectivity index is 1.90. The summed E-state index contributed by atoms with van der Waals surface area (Å²) in [5, 5.41) is 9.44. The van der Waals surface area contributed by atoms with Crippen LogP contribution in [0.4, 0.5) is 5.95 Å². The number of nitrogens with zero attached hydrogens (tertiary/aromatic N) is 2. The summed E-state index contributed by atoms with van der Waals surface area (Å²) >= 11 is 0. The molecule has 0 saturated heterocycles.